The molecule has 31 heavy (non-hydrogen) atoms. The van der Waals surface area contributed by atoms with Crippen molar-refractivity contribution in [3.8, 4) is 0 Å². The first-order chi connectivity index (χ1) is 14.8. The second-order valence-corrected chi connectivity index (χ2v) is 8.14. The van der Waals surface area contributed by atoms with Crippen LogP contribution < -0.4 is 0 Å². The summed E-state index contributed by atoms with van der Waals surface area (Å²) in [6.45, 7) is 1.23. The van der Waals surface area contributed by atoms with Crippen molar-refractivity contribution in [3.05, 3.63) is 0 Å². The van der Waals surface area contributed by atoms with Crippen LogP contribution in [0.5, 0.6) is 0 Å². The summed E-state index contributed by atoms with van der Waals surface area (Å²) in [6, 6.07) is 0. The zero-order chi connectivity index (χ0) is 23.0. The Morgan fingerprint density at radius 1 is 0.645 bits per heavy atom. The molecule has 0 radical (unpaired) electrons. The van der Waals surface area contributed by atoms with E-state index in [-0.39, 0.29) is 0 Å². The molecule has 0 spiro atoms. The summed E-state index contributed by atoms with van der Waals surface area (Å²) in [6.07, 6.45) is -7.98. The second-order valence-electron chi connectivity index (χ2n) is 8.14. The molecule has 0 amide bonds. The third kappa shape index (κ3) is 7.02. The summed E-state index contributed by atoms with van der Waals surface area (Å²) in [4.78, 5) is 0. The van der Waals surface area contributed by atoms with Crippen molar-refractivity contribution in [1.82, 2.24) is 0 Å². The van der Waals surface area contributed by atoms with E-state index in [1.807, 2.05) is 0 Å². The van der Waals surface area contributed by atoms with Gasteiger partial charge in [0.1, 0.15) is 48.8 Å². The molecule has 0 unspecified atom stereocenters. The van der Waals surface area contributed by atoms with Crippen LogP contribution in [0.3, 0.4) is 0 Å². The lowest BCUT2D eigenvalue weighted by Crippen LogP contribution is -2.64. The van der Waals surface area contributed by atoms with Crippen LogP contribution in [0.1, 0.15) is 45.4 Å². The van der Waals surface area contributed by atoms with Gasteiger partial charge in [-0.1, -0.05) is 39.0 Å². The van der Waals surface area contributed by atoms with Crippen LogP contribution in [0.2, 0.25) is 0 Å². The minimum Gasteiger partial charge on any atom is -0.394 e. The van der Waals surface area contributed by atoms with E-state index in [9.17, 15) is 35.7 Å². The molecular formula is C20H38O11. The minimum atomic E-state index is -1.69. The van der Waals surface area contributed by atoms with E-state index < -0.39 is 74.6 Å². The molecule has 2 rings (SSSR count). The highest BCUT2D eigenvalue weighted by Crippen LogP contribution is 2.29. The van der Waals surface area contributed by atoms with E-state index in [1.54, 1.807) is 0 Å². The van der Waals surface area contributed by atoms with E-state index in [0.29, 0.717) is 6.61 Å². The molecule has 11 nitrogen and oxygen atoms in total. The molecule has 7 N–H and O–H groups in total. The van der Waals surface area contributed by atoms with Gasteiger partial charge in [0.25, 0.3) is 0 Å². The number of hydrogen-bond donors (Lipinski definition) is 7. The predicted molar refractivity (Wildman–Crippen MR) is 106 cm³/mol. The van der Waals surface area contributed by atoms with Crippen molar-refractivity contribution in [2.24, 2.45) is 0 Å². The van der Waals surface area contributed by atoms with Gasteiger partial charge in [-0.3, -0.25) is 0 Å². The quantitative estimate of drug-likeness (QED) is 0.162. The fraction of sp³-hybridized carbons (Fsp3) is 1.00. The Hall–Kier alpha value is -0.440. The molecular weight excluding hydrogens is 416 g/mol. The standard InChI is InChI=1S/C20H38O11/c1-2-3-4-5-6-7-8-28-19-17(27)15(25)18(12(10-22)30-19)31-20-16(26)14(24)13(23)11(9-21)29-20/h11-27H,2-10H2,1H3/t11-,12-,13-,14+,15-,16+,17-,18-,19+,20-/m1/s1. The van der Waals surface area contributed by atoms with Crippen molar-refractivity contribution in [2.45, 2.75) is 107 Å². The molecule has 10 atom stereocenters. The second kappa shape index (κ2) is 13.3. The normalized spacial score (nSPS) is 41.4. The Morgan fingerprint density at radius 2 is 1.23 bits per heavy atom. The lowest BCUT2D eigenvalue weighted by molar-refractivity contribution is -0.359. The first-order valence-corrected chi connectivity index (χ1v) is 11.1. The van der Waals surface area contributed by atoms with E-state index >= 15 is 0 Å². The smallest absolute Gasteiger partial charge is 0.187 e. The molecule has 11 heteroatoms. The molecule has 0 aromatic rings. The van der Waals surface area contributed by atoms with Crippen molar-refractivity contribution in [3.63, 3.8) is 0 Å². The van der Waals surface area contributed by atoms with Gasteiger partial charge >= 0.3 is 0 Å². The van der Waals surface area contributed by atoms with Gasteiger partial charge in [0.05, 0.1) is 13.2 Å². The molecule has 0 bridgehead atoms. The van der Waals surface area contributed by atoms with Gasteiger partial charge in [0.2, 0.25) is 0 Å². The van der Waals surface area contributed by atoms with Crippen LogP contribution in [0, 0.1) is 0 Å². The van der Waals surface area contributed by atoms with Crippen molar-refractivity contribution in [2.75, 3.05) is 19.8 Å². The highest BCUT2D eigenvalue weighted by atomic mass is 16.7. The topological polar surface area (TPSA) is 179 Å². The monoisotopic (exact) mass is 454 g/mol. The van der Waals surface area contributed by atoms with Gasteiger partial charge in [0.15, 0.2) is 12.6 Å². The van der Waals surface area contributed by atoms with Gasteiger partial charge in [-0.2, -0.15) is 0 Å². The lowest BCUT2D eigenvalue weighted by atomic mass is 9.97. The average molecular weight is 455 g/mol. The Labute approximate surface area is 182 Å². The largest absolute Gasteiger partial charge is 0.394 e. The van der Waals surface area contributed by atoms with Crippen LogP contribution in [0.25, 0.3) is 0 Å². The molecule has 2 saturated heterocycles. The number of unbranched alkanes of at least 4 members (excludes halogenated alkanes) is 5. The van der Waals surface area contributed by atoms with E-state index in [2.05, 4.69) is 6.92 Å². The van der Waals surface area contributed by atoms with Crippen molar-refractivity contribution in [1.29, 1.82) is 0 Å². The van der Waals surface area contributed by atoms with Gasteiger partial charge in [-0.15, -0.1) is 0 Å². The summed E-state index contributed by atoms with van der Waals surface area (Å²) in [7, 11) is 0. The zero-order valence-electron chi connectivity index (χ0n) is 17.9. The van der Waals surface area contributed by atoms with Crippen LogP contribution in [0.15, 0.2) is 0 Å². The fourth-order valence-electron chi connectivity index (χ4n) is 3.77. The molecule has 0 saturated carbocycles. The Balaban J connectivity index is 1.90. The summed E-state index contributed by atoms with van der Waals surface area (Å²) < 4.78 is 21.9. The zero-order valence-corrected chi connectivity index (χ0v) is 17.9. The Bertz CT molecular complexity index is 492. The lowest BCUT2D eigenvalue weighted by Gasteiger charge is -2.45. The third-order valence-electron chi connectivity index (χ3n) is 5.74. The Kier molecular flexibility index (Phi) is 11.5. The molecule has 2 heterocycles. The molecule has 2 aliphatic heterocycles. The molecule has 0 aromatic carbocycles. The van der Waals surface area contributed by atoms with Gasteiger partial charge < -0.3 is 54.7 Å². The summed E-state index contributed by atoms with van der Waals surface area (Å²) in [5.74, 6) is 0. The van der Waals surface area contributed by atoms with Gasteiger partial charge in [-0.25, -0.2) is 0 Å². The van der Waals surface area contributed by atoms with Gasteiger partial charge in [0, 0.05) is 6.61 Å². The molecule has 0 aliphatic carbocycles. The molecule has 2 fully saturated rings. The predicted octanol–water partition coefficient (Wildman–Crippen LogP) is -2.01. The van der Waals surface area contributed by atoms with Crippen LogP contribution in [0.4, 0.5) is 0 Å². The van der Waals surface area contributed by atoms with E-state index in [4.69, 9.17) is 18.9 Å². The minimum absolute atomic E-state index is 0.316. The van der Waals surface area contributed by atoms with Crippen LogP contribution in [-0.2, 0) is 18.9 Å². The molecule has 0 aromatic heterocycles. The summed E-state index contributed by atoms with van der Waals surface area (Å²) >= 11 is 0. The number of hydrogen-bond acceptors (Lipinski definition) is 11. The highest BCUT2D eigenvalue weighted by Gasteiger charge is 2.50. The summed E-state index contributed by atoms with van der Waals surface area (Å²) in [5.41, 5.74) is 0. The van der Waals surface area contributed by atoms with Crippen molar-refractivity contribution < 1.29 is 54.7 Å². The number of aliphatic hydroxyl groups is 7. The van der Waals surface area contributed by atoms with Crippen LogP contribution in [-0.4, -0.2) is 117 Å². The molecule has 184 valence electrons. The first-order valence-electron chi connectivity index (χ1n) is 11.1. The van der Waals surface area contributed by atoms with E-state index in [1.165, 1.54) is 6.42 Å². The first kappa shape index (κ1) is 26.8. The maximum atomic E-state index is 10.5. The third-order valence-corrected chi connectivity index (χ3v) is 5.74. The number of ether oxygens (including phenoxy) is 4. The number of rotatable bonds is 12. The maximum absolute atomic E-state index is 10.5. The van der Waals surface area contributed by atoms with Crippen LogP contribution >= 0.6 is 0 Å². The maximum Gasteiger partial charge on any atom is 0.187 e. The number of aliphatic hydroxyl groups excluding tert-OH is 7. The average Bonchev–Trinajstić information content (AvgIpc) is 2.77. The summed E-state index contributed by atoms with van der Waals surface area (Å²) in [5, 5.41) is 69.7. The molecule has 2 aliphatic rings. The fourth-order valence-corrected chi connectivity index (χ4v) is 3.77. The van der Waals surface area contributed by atoms with E-state index in [0.717, 1.165) is 32.1 Å². The van der Waals surface area contributed by atoms with Gasteiger partial charge in [-0.05, 0) is 6.42 Å². The SMILES string of the molecule is CCCCCCCCO[C@H]1O[C@H](CO)[C@@H](O[C@H]2O[C@H](CO)[C@@H](O)[C@H](O)[C@@H]2O)[C@H](O)[C@H]1O. The van der Waals surface area contributed by atoms with Crippen molar-refractivity contribution >= 4 is 0 Å². The highest BCUT2D eigenvalue weighted by molar-refractivity contribution is 4.94. The Morgan fingerprint density at radius 3 is 1.87 bits per heavy atom.